The summed E-state index contributed by atoms with van der Waals surface area (Å²) in [4.78, 5) is 21.8. The number of β-amino-alcohol motifs (C(OH)–C–C–N with tert-alkyl or cyclic N) is 1. The van der Waals surface area contributed by atoms with E-state index in [2.05, 4.69) is 15.1 Å². The van der Waals surface area contributed by atoms with E-state index in [1.54, 1.807) is 23.4 Å². The molecule has 1 fully saturated rings. The third-order valence-electron chi connectivity index (χ3n) is 3.56. The summed E-state index contributed by atoms with van der Waals surface area (Å²) >= 11 is 0. The minimum absolute atomic E-state index is 0.110. The van der Waals surface area contributed by atoms with Gasteiger partial charge in [0, 0.05) is 6.20 Å². The number of rotatable bonds is 3. The van der Waals surface area contributed by atoms with E-state index in [0.717, 1.165) is 0 Å². The molecule has 104 valence electrons. The highest BCUT2D eigenvalue weighted by atomic mass is 16.3. The molecule has 1 amide bonds. The average Bonchev–Trinajstić information content (AvgIpc) is 2.97. The van der Waals surface area contributed by atoms with E-state index in [1.807, 2.05) is 6.92 Å². The van der Waals surface area contributed by atoms with E-state index in [-0.39, 0.29) is 5.91 Å². The number of aromatic nitrogens is 4. The number of hydrogen-bond donors (Lipinski definition) is 1. The average molecular weight is 273 g/mol. The minimum Gasteiger partial charge on any atom is -0.386 e. The van der Waals surface area contributed by atoms with Crippen LogP contribution >= 0.6 is 0 Å². The third kappa shape index (κ3) is 2.16. The molecular weight excluding hydrogens is 258 g/mol. The highest BCUT2D eigenvalue weighted by Crippen LogP contribution is 2.25. The van der Waals surface area contributed by atoms with Crippen LogP contribution in [-0.4, -0.2) is 54.4 Å². The van der Waals surface area contributed by atoms with Gasteiger partial charge in [-0.2, -0.15) is 5.10 Å². The summed E-state index contributed by atoms with van der Waals surface area (Å²) in [5.41, 5.74) is -0.212. The van der Waals surface area contributed by atoms with Gasteiger partial charge in [0.2, 0.25) is 0 Å². The van der Waals surface area contributed by atoms with E-state index < -0.39 is 5.60 Å². The lowest BCUT2D eigenvalue weighted by atomic mass is 9.91. The van der Waals surface area contributed by atoms with Crippen molar-refractivity contribution >= 4 is 5.91 Å². The van der Waals surface area contributed by atoms with Gasteiger partial charge in [-0.1, -0.05) is 6.92 Å². The third-order valence-corrected chi connectivity index (χ3v) is 3.56. The molecule has 1 aliphatic rings. The fourth-order valence-corrected chi connectivity index (χ4v) is 2.19. The van der Waals surface area contributed by atoms with Crippen molar-refractivity contribution in [3.05, 3.63) is 36.5 Å². The molecule has 1 saturated heterocycles. The Labute approximate surface area is 115 Å². The van der Waals surface area contributed by atoms with Crippen molar-refractivity contribution in [1.82, 2.24) is 24.6 Å². The summed E-state index contributed by atoms with van der Waals surface area (Å²) in [5.74, 6) is 0.494. The van der Waals surface area contributed by atoms with Gasteiger partial charge >= 0.3 is 0 Å². The summed E-state index contributed by atoms with van der Waals surface area (Å²) in [6.45, 7) is 2.68. The quantitative estimate of drug-likeness (QED) is 0.867. The Morgan fingerprint density at radius 2 is 2.25 bits per heavy atom. The molecule has 0 bridgehead atoms. The van der Waals surface area contributed by atoms with Gasteiger partial charge in [-0.05, 0) is 18.6 Å². The summed E-state index contributed by atoms with van der Waals surface area (Å²) < 4.78 is 1.52. The van der Waals surface area contributed by atoms with Gasteiger partial charge in [0.25, 0.3) is 5.91 Å². The standard InChI is InChI=1S/C13H15N5O2/c1-2-13(20)6-17(7-13)12(19)10-3-4-11(15-5-10)18-9-14-8-16-18/h3-5,8-9,20H,2,6-7H2,1H3. The predicted octanol–water partition coefficient (Wildman–Crippen LogP) is 0.259. The predicted molar refractivity (Wildman–Crippen MR) is 70.3 cm³/mol. The Morgan fingerprint density at radius 1 is 1.45 bits per heavy atom. The lowest BCUT2D eigenvalue weighted by molar-refractivity contribution is -0.0826. The molecule has 3 heterocycles. The van der Waals surface area contributed by atoms with Crippen molar-refractivity contribution in [3.8, 4) is 5.82 Å². The number of aliphatic hydroxyl groups is 1. The number of nitrogens with zero attached hydrogens (tertiary/aromatic N) is 5. The van der Waals surface area contributed by atoms with Crippen LogP contribution in [0.1, 0.15) is 23.7 Å². The van der Waals surface area contributed by atoms with Crippen LogP contribution in [0.3, 0.4) is 0 Å². The molecule has 0 aromatic carbocycles. The van der Waals surface area contributed by atoms with E-state index in [0.29, 0.717) is 30.9 Å². The zero-order chi connectivity index (χ0) is 14.2. The first-order chi connectivity index (χ1) is 9.61. The summed E-state index contributed by atoms with van der Waals surface area (Å²) in [7, 11) is 0. The van der Waals surface area contributed by atoms with E-state index >= 15 is 0 Å². The molecule has 20 heavy (non-hydrogen) atoms. The molecule has 1 N–H and O–H groups in total. The molecule has 0 atom stereocenters. The molecule has 0 saturated carbocycles. The second-order valence-electron chi connectivity index (χ2n) is 4.98. The van der Waals surface area contributed by atoms with E-state index in [4.69, 9.17) is 0 Å². The van der Waals surface area contributed by atoms with Crippen LogP contribution < -0.4 is 0 Å². The van der Waals surface area contributed by atoms with Gasteiger partial charge in [0.15, 0.2) is 5.82 Å². The normalized spacial score (nSPS) is 16.8. The largest absolute Gasteiger partial charge is 0.386 e. The molecule has 2 aromatic heterocycles. The first kappa shape index (κ1) is 12.7. The first-order valence-electron chi connectivity index (χ1n) is 6.44. The van der Waals surface area contributed by atoms with Gasteiger partial charge in [0.05, 0.1) is 24.3 Å². The monoisotopic (exact) mass is 273 g/mol. The maximum absolute atomic E-state index is 12.2. The number of pyridine rings is 1. The smallest absolute Gasteiger partial charge is 0.255 e. The molecule has 1 aliphatic heterocycles. The van der Waals surface area contributed by atoms with Crippen molar-refractivity contribution in [3.63, 3.8) is 0 Å². The minimum atomic E-state index is -0.718. The highest BCUT2D eigenvalue weighted by molar-refractivity contribution is 5.94. The Kier molecular flexibility index (Phi) is 2.98. The van der Waals surface area contributed by atoms with Crippen LogP contribution in [-0.2, 0) is 0 Å². The van der Waals surface area contributed by atoms with Gasteiger partial charge in [-0.25, -0.2) is 14.6 Å². The van der Waals surface area contributed by atoms with Crippen molar-refractivity contribution in [1.29, 1.82) is 0 Å². The van der Waals surface area contributed by atoms with Crippen LogP contribution in [0.4, 0.5) is 0 Å². The molecule has 0 unspecified atom stereocenters. The lowest BCUT2D eigenvalue weighted by Gasteiger charge is -2.46. The number of likely N-dealkylation sites (tertiary alicyclic amines) is 1. The second kappa shape index (κ2) is 4.68. The topological polar surface area (TPSA) is 84.1 Å². The van der Waals surface area contributed by atoms with Gasteiger partial charge < -0.3 is 10.0 Å². The maximum atomic E-state index is 12.2. The Morgan fingerprint density at radius 3 is 2.80 bits per heavy atom. The highest BCUT2D eigenvalue weighted by Gasteiger charge is 2.42. The van der Waals surface area contributed by atoms with Crippen molar-refractivity contribution < 1.29 is 9.90 Å². The van der Waals surface area contributed by atoms with Gasteiger partial charge in [-0.3, -0.25) is 4.79 Å². The molecule has 0 radical (unpaired) electrons. The molecule has 0 spiro atoms. The Balaban J connectivity index is 1.71. The molecule has 0 aliphatic carbocycles. The van der Waals surface area contributed by atoms with Crippen LogP contribution in [0.5, 0.6) is 0 Å². The zero-order valence-corrected chi connectivity index (χ0v) is 11.1. The van der Waals surface area contributed by atoms with Crippen LogP contribution in [0, 0.1) is 0 Å². The van der Waals surface area contributed by atoms with Gasteiger partial charge in [0.1, 0.15) is 12.7 Å². The second-order valence-corrected chi connectivity index (χ2v) is 4.98. The first-order valence-corrected chi connectivity index (χ1v) is 6.44. The number of hydrogen-bond acceptors (Lipinski definition) is 5. The zero-order valence-electron chi connectivity index (χ0n) is 11.1. The van der Waals surface area contributed by atoms with Crippen LogP contribution in [0.25, 0.3) is 5.82 Å². The van der Waals surface area contributed by atoms with E-state index in [1.165, 1.54) is 17.2 Å². The van der Waals surface area contributed by atoms with Gasteiger partial charge in [-0.15, -0.1) is 0 Å². The molecular formula is C13H15N5O2. The van der Waals surface area contributed by atoms with E-state index in [9.17, 15) is 9.90 Å². The van der Waals surface area contributed by atoms with Crippen LogP contribution in [0.2, 0.25) is 0 Å². The molecule has 3 rings (SSSR count). The summed E-state index contributed by atoms with van der Waals surface area (Å²) in [6.07, 6.45) is 5.13. The SMILES string of the molecule is CCC1(O)CN(C(=O)c2ccc(-n3cncn3)nc2)C1. The Hall–Kier alpha value is -2.28. The fraction of sp³-hybridized carbons (Fsp3) is 0.385. The van der Waals surface area contributed by atoms with Crippen molar-refractivity contribution in [2.75, 3.05) is 13.1 Å². The number of carbonyl (C=O) groups is 1. The number of amides is 1. The molecule has 7 heteroatoms. The lowest BCUT2D eigenvalue weighted by Crippen LogP contribution is -2.63. The van der Waals surface area contributed by atoms with Crippen molar-refractivity contribution in [2.45, 2.75) is 18.9 Å². The fourth-order valence-electron chi connectivity index (χ4n) is 2.19. The van der Waals surface area contributed by atoms with Crippen molar-refractivity contribution in [2.24, 2.45) is 0 Å². The summed E-state index contributed by atoms with van der Waals surface area (Å²) in [6, 6.07) is 3.42. The molecule has 2 aromatic rings. The molecule has 7 nitrogen and oxygen atoms in total. The number of carbonyl (C=O) groups excluding carboxylic acids is 1. The summed E-state index contributed by atoms with van der Waals surface area (Å²) in [5, 5.41) is 13.9. The van der Waals surface area contributed by atoms with Crippen LogP contribution in [0.15, 0.2) is 31.0 Å². The Bertz CT molecular complexity index is 602. The maximum Gasteiger partial charge on any atom is 0.255 e.